The number of anilines is 1. The number of rotatable bonds is 7. The molecule has 3 aromatic rings. The lowest BCUT2D eigenvalue weighted by atomic mass is 10.1. The van der Waals surface area contributed by atoms with Crippen LogP contribution in [0.2, 0.25) is 0 Å². The Morgan fingerprint density at radius 2 is 1.86 bits per heavy atom. The van der Waals surface area contributed by atoms with Gasteiger partial charge < -0.3 is 15.4 Å². The number of amides is 2. The van der Waals surface area contributed by atoms with Crippen molar-refractivity contribution in [1.82, 2.24) is 5.32 Å². The molecule has 6 nitrogen and oxygen atoms in total. The summed E-state index contributed by atoms with van der Waals surface area (Å²) < 4.78 is 18.9. The molecule has 2 aromatic carbocycles. The first-order valence-electron chi connectivity index (χ1n) is 8.97. The molecule has 0 unspecified atom stereocenters. The summed E-state index contributed by atoms with van der Waals surface area (Å²) in [6, 6.07) is 13.1. The van der Waals surface area contributed by atoms with Crippen LogP contribution in [0.3, 0.4) is 0 Å². The van der Waals surface area contributed by atoms with Crippen molar-refractivity contribution in [2.24, 2.45) is 0 Å². The third-order valence-corrected chi connectivity index (χ3v) is 5.23. The molecule has 0 radical (unpaired) electrons. The standard InChI is InChI=1S/C21H19FN2O4S/c1-2-13-5-3-4-6-16(13)24-19(25)11-23-20(26)12-28-21(27)18-10-14-9-15(22)7-8-17(14)29-18/h3-10H,2,11-12H2,1H3,(H,23,26)(H,24,25). The molecule has 2 amide bonds. The maximum absolute atomic E-state index is 13.2. The molecule has 150 valence electrons. The first kappa shape index (κ1) is 20.5. The van der Waals surface area contributed by atoms with Crippen LogP contribution in [0.1, 0.15) is 22.2 Å². The van der Waals surface area contributed by atoms with Crippen molar-refractivity contribution in [2.45, 2.75) is 13.3 Å². The van der Waals surface area contributed by atoms with E-state index in [0.29, 0.717) is 11.1 Å². The Balaban J connectivity index is 1.46. The minimum atomic E-state index is -0.678. The highest BCUT2D eigenvalue weighted by atomic mass is 32.1. The van der Waals surface area contributed by atoms with Crippen LogP contribution in [0, 0.1) is 5.82 Å². The van der Waals surface area contributed by atoms with E-state index in [-0.39, 0.29) is 17.3 Å². The number of esters is 1. The molecule has 0 fully saturated rings. The molecule has 3 rings (SSSR count). The lowest BCUT2D eigenvalue weighted by Crippen LogP contribution is -2.35. The van der Waals surface area contributed by atoms with Crippen LogP contribution in [0.4, 0.5) is 10.1 Å². The molecule has 29 heavy (non-hydrogen) atoms. The minimum Gasteiger partial charge on any atom is -0.451 e. The summed E-state index contributed by atoms with van der Waals surface area (Å²) in [7, 11) is 0. The van der Waals surface area contributed by atoms with Crippen molar-refractivity contribution in [3.8, 4) is 0 Å². The van der Waals surface area contributed by atoms with Crippen LogP contribution in [0.25, 0.3) is 10.1 Å². The number of benzene rings is 2. The molecule has 0 spiro atoms. The number of para-hydroxylation sites is 1. The van der Waals surface area contributed by atoms with Crippen LogP contribution in [0.15, 0.2) is 48.5 Å². The predicted octanol–water partition coefficient (Wildman–Crippen LogP) is 3.51. The zero-order valence-corrected chi connectivity index (χ0v) is 16.5. The molecule has 1 heterocycles. The highest BCUT2D eigenvalue weighted by Gasteiger charge is 2.15. The number of ether oxygens (including phenoxy) is 1. The highest BCUT2D eigenvalue weighted by molar-refractivity contribution is 7.20. The van der Waals surface area contributed by atoms with Crippen molar-refractivity contribution in [1.29, 1.82) is 0 Å². The molecule has 0 aliphatic carbocycles. The van der Waals surface area contributed by atoms with Crippen LogP contribution in [-0.4, -0.2) is 30.9 Å². The van der Waals surface area contributed by atoms with Crippen molar-refractivity contribution in [3.05, 3.63) is 64.8 Å². The average molecular weight is 414 g/mol. The Morgan fingerprint density at radius 3 is 2.66 bits per heavy atom. The molecular formula is C21H19FN2O4S. The van der Waals surface area contributed by atoms with Crippen LogP contribution < -0.4 is 10.6 Å². The van der Waals surface area contributed by atoms with Crippen molar-refractivity contribution in [2.75, 3.05) is 18.5 Å². The normalized spacial score (nSPS) is 10.6. The van der Waals surface area contributed by atoms with Crippen molar-refractivity contribution >= 4 is 44.9 Å². The van der Waals surface area contributed by atoms with Crippen LogP contribution in [-0.2, 0) is 20.7 Å². The quantitative estimate of drug-likeness (QED) is 0.580. The molecule has 0 saturated heterocycles. The van der Waals surface area contributed by atoms with E-state index in [0.717, 1.165) is 28.0 Å². The largest absolute Gasteiger partial charge is 0.451 e. The summed E-state index contributed by atoms with van der Waals surface area (Å²) in [4.78, 5) is 36.2. The van der Waals surface area contributed by atoms with E-state index in [9.17, 15) is 18.8 Å². The maximum Gasteiger partial charge on any atom is 0.348 e. The van der Waals surface area contributed by atoms with Gasteiger partial charge in [-0.2, -0.15) is 0 Å². The fourth-order valence-corrected chi connectivity index (χ4v) is 3.63. The summed E-state index contributed by atoms with van der Waals surface area (Å²) >= 11 is 1.15. The molecule has 0 bridgehead atoms. The van der Waals surface area contributed by atoms with Gasteiger partial charge in [-0.05, 0) is 47.7 Å². The minimum absolute atomic E-state index is 0.239. The molecule has 0 aliphatic rings. The average Bonchev–Trinajstić information content (AvgIpc) is 3.14. The number of fused-ring (bicyclic) bond motifs is 1. The Kier molecular flexibility index (Phi) is 6.56. The van der Waals surface area contributed by atoms with Crippen LogP contribution >= 0.6 is 11.3 Å². The van der Waals surface area contributed by atoms with Crippen LogP contribution in [0.5, 0.6) is 0 Å². The van der Waals surface area contributed by atoms with Gasteiger partial charge >= 0.3 is 5.97 Å². The number of nitrogens with one attached hydrogen (secondary N) is 2. The first-order chi connectivity index (χ1) is 14.0. The van der Waals surface area contributed by atoms with Gasteiger partial charge in [0.05, 0.1) is 6.54 Å². The fraction of sp³-hybridized carbons (Fsp3) is 0.190. The number of halogens is 1. The van der Waals surface area contributed by atoms with Gasteiger partial charge in [-0.25, -0.2) is 9.18 Å². The van der Waals surface area contributed by atoms with Gasteiger partial charge in [-0.3, -0.25) is 9.59 Å². The number of thiophene rings is 1. The number of hydrogen-bond donors (Lipinski definition) is 2. The number of carbonyl (C=O) groups excluding carboxylic acids is 3. The molecule has 1 aromatic heterocycles. The van der Waals surface area contributed by atoms with Gasteiger partial charge in [0.1, 0.15) is 10.7 Å². The monoisotopic (exact) mass is 414 g/mol. The number of carbonyl (C=O) groups is 3. The second-order valence-corrected chi connectivity index (χ2v) is 7.29. The maximum atomic E-state index is 13.2. The molecule has 0 saturated carbocycles. The predicted molar refractivity (Wildman–Crippen MR) is 110 cm³/mol. The first-order valence-corrected chi connectivity index (χ1v) is 9.78. The van der Waals surface area contributed by atoms with E-state index < -0.39 is 24.3 Å². The van der Waals surface area contributed by atoms with E-state index >= 15 is 0 Å². The topological polar surface area (TPSA) is 84.5 Å². The van der Waals surface area contributed by atoms with Gasteiger partial charge in [0.15, 0.2) is 6.61 Å². The van der Waals surface area contributed by atoms with E-state index in [1.54, 1.807) is 12.1 Å². The van der Waals surface area contributed by atoms with E-state index in [4.69, 9.17) is 4.74 Å². The molecule has 8 heteroatoms. The summed E-state index contributed by atoms with van der Waals surface area (Å²) in [6.45, 7) is 1.23. The molecule has 0 atom stereocenters. The molecule has 0 aliphatic heterocycles. The summed E-state index contributed by atoms with van der Waals surface area (Å²) in [5.74, 6) is -2.04. The molecule has 2 N–H and O–H groups in total. The fourth-order valence-electron chi connectivity index (χ4n) is 2.69. The highest BCUT2D eigenvalue weighted by Crippen LogP contribution is 2.26. The summed E-state index contributed by atoms with van der Waals surface area (Å²) in [5.41, 5.74) is 1.69. The Morgan fingerprint density at radius 1 is 1.07 bits per heavy atom. The van der Waals surface area contributed by atoms with Gasteiger partial charge in [-0.15, -0.1) is 11.3 Å². The Labute approximate surface area is 170 Å². The second-order valence-electron chi connectivity index (χ2n) is 6.20. The third kappa shape index (κ3) is 5.39. The van der Waals surface area contributed by atoms with Gasteiger partial charge in [0, 0.05) is 10.4 Å². The zero-order chi connectivity index (χ0) is 20.8. The van der Waals surface area contributed by atoms with E-state index in [1.807, 2.05) is 25.1 Å². The SMILES string of the molecule is CCc1ccccc1NC(=O)CNC(=O)COC(=O)c1cc2cc(F)ccc2s1. The summed E-state index contributed by atoms with van der Waals surface area (Å²) in [5, 5.41) is 5.74. The third-order valence-electron chi connectivity index (χ3n) is 4.13. The zero-order valence-electron chi connectivity index (χ0n) is 15.7. The lowest BCUT2D eigenvalue weighted by Gasteiger charge is -2.10. The van der Waals surface area contributed by atoms with Gasteiger partial charge in [0.2, 0.25) is 5.91 Å². The Hall–Kier alpha value is -3.26. The van der Waals surface area contributed by atoms with E-state index in [2.05, 4.69) is 10.6 Å². The van der Waals surface area contributed by atoms with E-state index in [1.165, 1.54) is 18.2 Å². The molecular weight excluding hydrogens is 395 g/mol. The smallest absolute Gasteiger partial charge is 0.348 e. The lowest BCUT2D eigenvalue weighted by molar-refractivity contribution is -0.126. The summed E-state index contributed by atoms with van der Waals surface area (Å²) in [6.07, 6.45) is 0.767. The number of aryl methyl sites for hydroxylation is 1. The second kappa shape index (κ2) is 9.29. The van der Waals surface area contributed by atoms with Gasteiger partial charge in [-0.1, -0.05) is 25.1 Å². The number of hydrogen-bond acceptors (Lipinski definition) is 5. The van der Waals surface area contributed by atoms with Crippen molar-refractivity contribution in [3.63, 3.8) is 0 Å². The Bertz CT molecular complexity index is 1060. The van der Waals surface area contributed by atoms with Gasteiger partial charge in [0.25, 0.3) is 5.91 Å². The van der Waals surface area contributed by atoms with Crippen molar-refractivity contribution < 1.29 is 23.5 Å².